The van der Waals surface area contributed by atoms with Crippen LogP contribution in [-0.2, 0) is 40.4 Å². The molecule has 3 aromatic carbocycles. The number of nitrogens with zero attached hydrogens (tertiary/aromatic N) is 2. The van der Waals surface area contributed by atoms with E-state index < -0.39 is 38.4 Å². The van der Waals surface area contributed by atoms with E-state index in [0.29, 0.717) is 25.4 Å². The molecule has 1 saturated heterocycles. The molecule has 11 nitrogen and oxygen atoms in total. The van der Waals surface area contributed by atoms with Crippen LogP contribution in [0.1, 0.15) is 48.8 Å². The summed E-state index contributed by atoms with van der Waals surface area (Å²) in [6, 6.07) is 20.0. The van der Waals surface area contributed by atoms with Gasteiger partial charge in [-0.05, 0) is 80.6 Å². The molecule has 2 heterocycles. The van der Waals surface area contributed by atoms with Gasteiger partial charge in [-0.15, -0.1) is 0 Å². The van der Waals surface area contributed by atoms with Gasteiger partial charge in [-0.2, -0.15) is 12.7 Å². The van der Waals surface area contributed by atoms with Gasteiger partial charge in [-0.25, -0.2) is 8.42 Å². The van der Waals surface area contributed by atoms with Crippen molar-refractivity contribution in [1.29, 1.82) is 0 Å². The van der Waals surface area contributed by atoms with E-state index in [1.807, 2.05) is 43.3 Å². The van der Waals surface area contributed by atoms with E-state index in [4.69, 9.17) is 23.1 Å². The minimum atomic E-state index is -3.99. The Morgan fingerprint density at radius 2 is 1.71 bits per heavy atom. The van der Waals surface area contributed by atoms with Crippen LogP contribution in [0.15, 0.2) is 71.6 Å². The lowest BCUT2D eigenvalue weighted by molar-refractivity contribution is -0.0243. The van der Waals surface area contributed by atoms with Gasteiger partial charge in [0.1, 0.15) is 18.1 Å². The van der Waals surface area contributed by atoms with Crippen molar-refractivity contribution < 1.29 is 40.0 Å². The number of aryl methyl sites for hydroxylation is 1. The first kappa shape index (κ1) is 37.1. The largest absolute Gasteiger partial charge is 0.497 e. The summed E-state index contributed by atoms with van der Waals surface area (Å²) < 4.78 is 82.6. The van der Waals surface area contributed by atoms with Gasteiger partial charge in [0.2, 0.25) is 10.0 Å². The Kier molecular flexibility index (Phi) is 12.3. The first-order valence-electron chi connectivity index (χ1n) is 16.6. The van der Waals surface area contributed by atoms with Crippen LogP contribution in [0.5, 0.6) is 11.5 Å². The second-order valence-corrected chi connectivity index (χ2v) is 16.3. The molecule has 0 saturated carbocycles. The van der Waals surface area contributed by atoms with Gasteiger partial charge in [0, 0.05) is 38.8 Å². The average Bonchev–Trinajstić information content (AvgIpc) is 3.07. The fourth-order valence-corrected chi connectivity index (χ4v) is 9.04. The molecule has 13 heteroatoms. The summed E-state index contributed by atoms with van der Waals surface area (Å²) in [6.45, 7) is 6.78. The minimum absolute atomic E-state index is 0.0698. The number of fused-ring (bicyclic) bond motifs is 1. The fourth-order valence-electron chi connectivity index (χ4n) is 6.70. The average molecular weight is 717 g/mol. The van der Waals surface area contributed by atoms with Crippen LogP contribution >= 0.6 is 0 Å². The quantitative estimate of drug-likeness (QED) is 0.155. The van der Waals surface area contributed by atoms with Gasteiger partial charge < -0.3 is 23.8 Å². The van der Waals surface area contributed by atoms with Crippen molar-refractivity contribution in [2.75, 3.05) is 58.2 Å². The van der Waals surface area contributed by atoms with Crippen LogP contribution < -0.4 is 14.4 Å². The highest BCUT2D eigenvalue weighted by Gasteiger charge is 2.43. The van der Waals surface area contributed by atoms with Crippen LogP contribution in [-0.4, -0.2) is 92.7 Å². The summed E-state index contributed by atoms with van der Waals surface area (Å²) >= 11 is 0. The zero-order valence-electron chi connectivity index (χ0n) is 28.9. The number of rotatable bonds is 15. The van der Waals surface area contributed by atoms with E-state index >= 15 is 0 Å². The zero-order valence-corrected chi connectivity index (χ0v) is 30.5. The number of sulfonamides is 1. The maximum absolute atomic E-state index is 14.3. The molecule has 268 valence electrons. The third-order valence-corrected chi connectivity index (χ3v) is 11.7. The monoisotopic (exact) mass is 716 g/mol. The Hall–Kier alpha value is -3.20. The van der Waals surface area contributed by atoms with Crippen molar-refractivity contribution in [1.82, 2.24) is 4.31 Å². The van der Waals surface area contributed by atoms with E-state index in [9.17, 15) is 16.8 Å². The van der Waals surface area contributed by atoms with Gasteiger partial charge in [0.05, 0.1) is 49.3 Å². The summed E-state index contributed by atoms with van der Waals surface area (Å²) in [5, 5.41) is 0. The van der Waals surface area contributed by atoms with E-state index in [1.165, 1.54) is 4.31 Å². The normalized spacial score (nSPS) is 20.8. The molecule has 0 N–H and O–H groups in total. The van der Waals surface area contributed by atoms with E-state index in [1.54, 1.807) is 45.4 Å². The van der Waals surface area contributed by atoms with Gasteiger partial charge in [-0.1, -0.05) is 35.9 Å². The third kappa shape index (κ3) is 9.53. The molecule has 0 bridgehead atoms. The maximum atomic E-state index is 14.3. The van der Waals surface area contributed by atoms with Crippen molar-refractivity contribution in [3.63, 3.8) is 0 Å². The first-order valence-corrected chi connectivity index (χ1v) is 19.9. The number of methoxy groups -OCH3 is 2. The summed E-state index contributed by atoms with van der Waals surface area (Å²) in [5.74, 6) is 1.33. The lowest BCUT2D eigenvalue weighted by Crippen LogP contribution is -2.53. The molecule has 4 atom stereocenters. The fraction of sp³-hybridized carbons (Fsp3) is 0.500. The topological polar surface area (TPSA) is 121 Å². The molecule has 0 radical (unpaired) electrons. The Bertz CT molecular complexity index is 1750. The minimum Gasteiger partial charge on any atom is -0.497 e. The molecule has 2 aliphatic rings. The van der Waals surface area contributed by atoms with Crippen molar-refractivity contribution in [3.05, 3.63) is 83.4 Å². The van der Waals surface area contributed by atoms with Gasteiger partial charge in [0.15, 0.2) is 0 Å². The molecular formula is C36H48N2O9S2. The molecule has 3 aromatic rings. The first-order chi connectivity index (χ1) is 23.4. The zero-order chi connectivity index (χ0) is 35.2. The van der Waals surface area contributed by atoms with Crippen molar-refractivity contribution in [2.24, 2.45) is 0 Å². The lowest BCUT2D eigenvalue weighted by atomic mass is 9.82. The van der Waals surface area contributed by atoms with Crippen LogP contribution in [0.3, 0.4) is 0 Å². The standard InChI is InChI=1S/C36H48N2O9S2/c1-26-7-14-32(15-8-26)49(41,42)38-24-36(46-25-28-9-16-35-34(22-28)37(18-20-45-35)17-6-19-43-3)33(29-10-12-31(44-4)13-11-29)23-30(38)21-27(2)47-48(5,39)40/h7-16,22,27,30,33,36H,6,17-21,23-25H2,1-5H3/t27-,30-,33+,36-/m0/s1. The van der Waals surface area contributed by atoms with Crippen molar-refractivity contribution in [3.8, 4) is 11.5 Å². The van der Waals surface area contributed by atoms with Gasteiger partial charge >= 0.3 is 0 Å². The SMILES string of the molecule is COCCCN1CCOc2ccc(CO[C@H]3CN(S(=O)(=O)c4ccc(C)cc4)[C@@H](C[C@H](C)OS(C)(=O)=O)C[C@@H]3c3ccc(OC)cc3)cc21. The molecule has 0 unspecified atom stereocenters. The maximum Gasteiger partial charge on any atom is 0.264 e. The van der Waals surface area contributed by atoms with Crippen LogP contribution in [0.2, 0.25) is 0 Å². The predicted molar refractivity (Wildman–Crippen MR) is 188 cm³/mol. The van der Waals surface area contributed by atoms with Gasteiger partial charge in [-0.3, -0.25) is 4.18 Å². The summed E-state index contributed by atoms with van der Waals surface area (Å²) in [5.41, 5.74) is 3.86. The van der Waals surface area contributed by atoms with Crippen LogP contribution in [0.25, 0.3) is 0 Å². The molecule has 0 aromatic heterocycles. The highest BCUT2D eigenvalue weighted by atomic mass is 32.2. The molecular weight excluding hydrogens is 669 g/mol. The van der Waals surface area contributed by atoms with Gasteiger partial charge in [0.25, 0.3) is 10.1 Å². The Labute approximate surface area is 291 Å². The molecule has 2 aliphatic heterocycles. The van der Waals surface area contributed by atoms with Crippen molar-refractivity contribution in [2.45, 2.75) is 68.8 Å². The second kappa shape index (κ2) is 16.2. The molecule has 1 fully saturated rings. The summed E-state index contributed by atoms with van der Waals surface area (Å²) in [7, 11) is -4.43. The van der Waals surface area contributed by atoms with Crippen LogP contribution in [0.4, 0.5) is 5.69 Å². The molecule has 5 rings (SSSR count). The molecule has 0 spiro atoms. The molecule has 49 heavy (non-hydrogen) atoms. The van der Waals surface area contributed by atoms with E-state index in [2.05, 4.69) is 11.0 Å². The Morgan fingerprint density at radius 3 is 2.39 bits per heavy atom. The smallest absolute Gasteiger partial charge is 0.264 e. The summed E-state index contributed by atoms with van der Waals surface area (Å²) in [6.07, 6.45) is 1.21. The number of piperidine rings is 1. The number of hydrogen-bond donors (Lipinski definition) is 0. The van der Waals surface area contributed by atoms with Crippen molar-refractivity contribution >= 4 is 25.8 Å². The van der Waals surface area contributed by atoms with Crippen LogP contribution in [0, 0.1) is 6.92 Å². The second-order valence-electron chi connectivity index (χ2n) is 12.8. The number of benzene rings is 3. The van der Waals surface area contributed by atoms with E-state index in [-0.39, 0.29) is 30.4 Å². The molecule has 0 aliphatic carbocycles. The number of hydrogen-bond acceptors (Lipinski definition) is 10. The number of ether oxygens (including phenoxy) is 4. The summed E-state index contributed by atoms with van der Waals surface area (Å²) in [4.78, 5) is 2.46. The number of anilines is 1. The lowest BCUT2D eigenvalue weighted by Gasteiger charge is -2.44. The van der Waals surface area contributed by atoms with E-state index in [0.717, 1.165) is 53.9 Å². The highest BCUT2D eigenvalue weighted by Crippen LogP contribution is 2.40. The third-order valence-electron chi connectivity index (χ3n) is 9.08. The Morgan fingerprint density at radius 1 is 0.980 bits per heavy atom. The predicted octanol–water partition coefficient (Wildman–Crippen LogP) is 5.13. The highest BCUT2D eigenvalue weighted by molar-refractivity contribution is 7.89. The molecule has 0 amide bonds. The Balaban J connectivity index is 1.47.